The summed E-state index contributed by atoms with van der Waals surface area (Å²) in [6.45, 7) is 4.59. The van der Waals surface area contributed by atoms with Crippen LogP contribution in [0, 0.1) is 0 Å². The topological polar surface area (TPSA) is 85.1 Å². The summed E-state index contributed by atoms with van der Waals surface area (Å²) in [6.07, 6.45) is 4.35. The van der Waals surface area contributed by atoms with Gasteiger partial charge in [0.2, 0.25) is 0 Å². The van der Waals surface area contributed by atoms with Crippen molar-refractivity contribution in [3.8, 4) is 0 Å². The molecule has 1 rings (SSSR count). The van der Waals surface area contributed by atoms with Gasteiger partial charge in [-0.3, -0.25) is 0 Å². The van der Waals surface area contributed by atoms with Crippen LogP contribution in [0.25, 0.3) is 0 Å². The fraction of sp³-hybridized carbons (Fsp3) is 0.583. The molecule has 1 aromatic rings. The quantitative estimate of drug-likeness (QED) is 0.817. The van der Waals surface area contributed by atoms with Crippen molar-refractivity contribution in [2.75, 3.05) is 18.1 Å². The van der Waals surface area contributed by atoms with Gasteiger partial charge < -0.3 is 11.1 Å². The Hall–Kier alpha value is -1.14. The van der Waals surface area contributed by atoms with Crippen molar-refractivity contribution < 1.29 is 8.42 Å². The number of nitrogens with one attached hydrogen (secondary N) is 1. The third kappa shape index (κ3) is 3.68. The highest BCUT2D eigenvalue weighted by Gasteiger charge is 2.24. The molecule has 1 heterocycles. The van der Waals surface area contributed by atoms with Gasteiger partial charge in [0.1, 0.15) is 10.7 Å². The van der Waals surface area contributed by atoms with Crippen LogP contribution in [-0.4, -0.2) is 31.7 Å². The standard InChI is InChI=1S/C12H21N3O2S/c1-4-12(2,7-8-13)15-11-10(18(3,16)17)6-5-9-14-11/h5-6,9H,4,7-8,13H2,1-3H3,(H,14,15). The van der Waals surface area contributed by atoms with Gasteiger partial charge in [-0.1, -0.05) is 6.92 Å². The lowest BCUT2D eigenvalue weighted by Crippen LogP contribution is -2.37. The fourth-order valence-corrected chi connectivity index (χ4v) is 2.50. The molecule has 0 fully saturated rings. The summed E-state index contributed by atoms with van der Waals surface area (Å²) in [5.74, 6) is 0.401. The molecule has 0 bridgehead atoms. The second-order valence-electron chi connectivity index (χ2n) is 4.70. The second-order valence-corrected chi connectivity index (χ2v) is 6.68. The first-order chi connectivity index (χ1) is 8.32. The van der Waals surface area contributed by atoms with E-state index < -0.39 is 9.84 Å². The summed E-state index contributed by atoms with van der Waals surface area (Å²) in [5.41, 5.74) is 5.34. The summed E-state index contributed by atoms with van der Waals surface area (Å²) in [7, 11) is -3.29. The van der Waals surface area contributed by atoms with Crippen molar-refractivity contribution in [3.63, 3.8) is 0 Å². The minimum Gasteiger partial charge on any atom is -0.364 e. The molecular weight excluding hydrogens is 250 g/mol. The van der Waals surface area contributed by atoms with Crippen LogP contribution in [0.15, 0.2) is 23.2 Å². The number of nitrogens with two attached hydrogens (primary N) is 1. The molecule has 0 spiro atoms. The van der Waals surface area contributed by atoms with E-state index in [4.69, 9.17) is 5.73 Å². The molecular formula is C12H21N3O2S. The Kier molecular flexibility index (Phi) is 4.70. The van der Waals surface area contributed by atoms with Gasteiger partial charge in [-0.25, -0.2) is 13.4 Å². The Labute approximate surface area is 109 Å². The molecule has 102 valence electrons. The van der Waals surface area contributed by atoms with Crippen LogP contribution in [0.1, 0.15) is 26.7 Å². The highest BCUT2D eigenvalue weighted by molar-refractivity contribution is 7.90. The van der Waals surface area contributed by atoms with Crippen LogP contribution >= 0.6 is 0 Å². The lowest BCUT2D eigenvalue weighted by molar-refractivity contribution is 0.460. The molecule has 0 aliphatic rings. The van der Waals surface area contributed by atoms with E-state index in [9.17, 15) is 8.42 Å². The number of aromatic nitrogens is 1. The number of anilines is 1. The van der Waals surface area contributed by atoms with Gasteiger partial charge >= 0.3 is 0 Å². The van der Waals surface area contributed by atoms with Crippen molar-refractivity contribution in [3.05, 3.63) is 18.3 Å². The van der Waals surface area contributed by atoms with Crippen LogP contribution in [0.4, 0.5) is 5.82 Å². The highest BCUT2D eigenvalue weighted by Crippen LogP contribution is 2.25. The number of sulfone groups is 1. The average molecular weight is 271 g/mol. The third-order valence-electron chi connectivity index (χ3n) is 3.07. The molecule has 6 heteroatoms. The van der Waals surface area contributed by atoms with E-state index in [0.29, 0.717) is 12.4 Å². The van der Waals surface area contributed by atoms with Crippen molar-refractivity contribution >= 4 is 15.7 Å². The molecule has 0 radical (unpaired) electrons. The van der Waals surface area contributed by atoms with Crippen LogP contribution in [0.5, 0.6) is 0 Å². The molecule has 5 nitrogen and oxygen atoms in total. The van der Waals surface area contributed by atoms with Gasteiger partial charge in [0.05, 0.1) is 0 Å². The minimum atomic E-state index is -3.29. The van der Waals surface area contributed by atoms with Crippen LogP contribution < -0.4 is 11.1 Å². The molecule has 1 atom stereocenters. The molecule has 0 amide bonds. The Morgan fingerprint density at radius 2 is 2.17 bits per heavy atom. The van der Waals surface area contributed by atoms with Crippen LogP contribution in [0.2, 0.25) is 0 Å². The molecule has 1 aromatic heterocycles. The first kappa shape index (κ1) is 14.9. The Morgan fingerprint density at radius 3 is 2.67 bits per heavy atom. The molecule has 3 N–H and O–H groups in total. The SMILES string of the molecule is CCC(C)(CCN)Nc1ncccc1S(C)(=O)=O. The smallest absolute Gasteiger partial charge is 0.179 e. The zero-order chi connectivity index (χ0) is 13.8. The monoisotopic (exact) mass is 271 g/mol. The van der Waals surface area contributed by atoms with Crippen molar-refractivity contribution in [2.45, 2.75) is 37.1 Å². The van der Waals surface area contributed by atoms with Crippen LogP contribution in [0.3, 0.4) is 0 Å². The average Bonchev–Trinajstić information content (AvgIpc) is 2.28. The van der Waals surface area contributed by atoms with E-state index in [1.54, 1.807) is 18.3 Å². The first-order valence-electron chi connectivity index (χ1n) is 5.96. The number of rotatable bonds is 6. The zero-order valence-electron chi connectivity index (χ0n) is 11.1. The molecule has 0 saturated heterocycles. The van der Waals surface area contributed by atoms with E-state index >= 15 is 0 Å². The second kappa shape index (κ2) is 5.67. The van der Waals surface area contributed by atoms with E-state index in [1.165, 1.54) is 6.26 Å². The summed E-state index contributed by atoms with van der Waals surface area (Å²) in [5, 5.41) is 3.21. The van der Waals surface area contributed by atoms with Crippen molar-refractivity contribution in [1.82, 2.24) is 4.98 Å². The predicted molar refractivity (Wildman–Crippen MR) is 73.3 cm³/mol. The Bertz CT molecular complexity index is 502. The van der Waals surface area contributed by atoms with Crippen molar-refractivity contribution in [2.24, 2.45) is 5.73 Å². The summed E-state index contributed by atoms with van der Waals surface area (Å²) >= 11 is 0. The summed E-state index contributed by atoms with van der Waals surface area (Å²) in [6, 6.07) is 3.18. The zero-order valence-corrected chi connectivity index (χ0v) is 11.9. The number of hydrogen-bond acceptors (Lipinski definition) is 5. The maximum absolute atomic E-state index is 11.7. The molecule has 0 saturated carbocycles. The largest absolute Gasteiger partial charge is 0.364 e. The van der Waals surface area contributed by atoms with Crippen LogP contribution in [-0.2, 0) is 9.84 Å². The molecule has 0 aromatic carbocycles. The Balaban J connectivity index is 3.11. The van der Waals surface area contributed by atoms with E-state index in [0.717, 1.165) is 12.8 Å². The number of nitrogens with zero attached hydrogens (tertiary/aromatic N) is 1. The lowest BCUT2D eigenvalue weighted by atomic mass is 9.94. The predicted octanol–water partition coefficient (Wildman–Crippen LogP) is 1.41. The van der Waals surface area contributed by atoms with E-state index in [-0.39, 0.29) is 10.4 Å². The lowest BCUT2D eigenvalue weighted by Gasteiger charge is -2.30. The van der Waals surface area contributed by atoms with Gasteiger partial charge in [-0.15, -0.1) is 0 Å². The molecule has 0 aliphatic carbocycles. The molecule has 1 unspecified atom stereocenters. The minimum absolute atomic E-state index is 0.224. The van der Waals surface area contributed by atoms with E-state index in [1.807, 2.05) is 13.8 Å². The maximum atomic E-state index is 11.7. The summed E-state index contributed by atoms with van der Waals surface area (Å²) < 4.78 is 23.4. The van der Waals surface area contributed by atoms with Gasteiger partial charge in [0.15, 0.2) is 9.84 Å². The molecule has 0 aliphatic heterocycles. The fourth-order valence-electron chi connectivity index (χ4n) is 1.72. The number of pyridine rings is 1. The molecule has 18 heavy (non-hydrogen) atoms. The number of hydrogen-bond donors (Lipinski definition) is 2. The summed E-state index contributed by atoms with van der Waals surface area (Å²) in [4.78, 5) is 4.35. The van der Waals surface area contributed by atoms with Gasteiger partial charge in [0, 0.05) is 18.0 Å². The van der Waals surface area contributed by atoms with Gasteiger partial charge in [0.25, 0.3) is 0 Å². The first-order valence-corrected chi connectivity index (χ1v) is 7.85. The maximum Gasteiger partial charge on any atom is 0.179 e. The van der Waals surface area contributed by atoms with E-state index in [2.05, 4.69) is 10.3 Å². The van der Waals surface area contributed by atoms with Crippen molar-refractivity contribution in [1.29, 1.82) is 0 Å². The normalized spacial score (nSPS) is 15.1. The highest BCUT2D eigenvalue weighted by atomic mass is 32.2. The third-order valence-corrected chi connectivity index (χ3v) is 4.20. The van der Waals surface area contributed by atoms with Gasteiger partial charge in [-0.05, 0) is 38.4 Å². The Morgan fingerprint density at radius 1 is 1.50 bits per heavy atom. The van der Waals surface area contributed by atoms with Gasteiger partial charge in [-0.2, -0.15) is 0 Å².